The molecule has 2 aromatic heterocycles. The Bertz CT molecular complexity index is 2500. The van der Waals surface area contributed by atoms with E-state index in [1.807, 2.05) is 17.2 Å². The van der Waals surface area contributed by atoms with Crippen molar-refractivity contribution in [3.05, 3.63) is 78.0 Å². The third kappa shape index (κ3) is 9.01. The van der Waals surface area contributed by atoms with Crippen LogP contribution in [0.25, 0.3) is 44.5 Å². The van der Waals surface area contributed by atoms with Gasteiger partial charge in [0.15, 0.2) is 0 Å². The molecule has 0 saturated carbocycles. The molecule has 3 aromatic carbocycles. The first-order valence-corrected chi connectivity index (χ1v) is 22.6. The summed E-state index contributed by atoms with van der Waals surface area (Å²) in [5.74, 6) is 1.86. The van der Waals surface area contributed by atoms with Gasteiger partial charge in [0.25, 0.3) is 0 Å². The number of alkyl carbamates (subject to hydrolysis) is 2. The zero-order chi connectivity index (χ0) is 44.2. The SMILES string of the molecule is COC(=O)N[C@H]1COCCCCOc2cc(-c3ccc(-c4cc5c6[nH]c(nc6c4)[C@@H]4CCCN4C(=O)[C@@H](NC(=O)OC)CCCCC5)cc3)ccc2-c2c[nH]c(n2)[C@@H]2CCCN2C1=O. The summed E-state index contributed by atoms with van der Waals surface area (Å²) >= 11 is 0. The van der Waals surface area contributed by atoms with E-state index in [0.717, 1.165) is 114 Å². The van der Waals surface area contributed by atoms with Crippen molar-refractivity contribution in [3.8, 4) is 39.3 Å². The number of aromatic nitrogens is 4. The highest BCUT2D eigenvalue weighted by Gasteiger charge is 2.38. The molecule has 6 heterocycles. The van der Waals surface area contributed by atoms with Crippen LogP contribution in [0.3, 0.4) is 0 Å². The van der Waals surface area contributed by atoms with Crippen LogP contribution in [-0.2, 0) is 30.2 Å². The number of benzene rings is 3. The van der Waals surface area contributed by atoms with E-state index in [1.165, 1.54) is 19.8 Å². The Morgan fingerprint density at radius 3 is 2.12 bits per heavy atom. The first-order valence-electron chi connectivity index (χ1n) is 22.6. The predicted molar refractivity (Wildman–Crippen MR) is 238 cm³/mol. The molecular weight excluding hydrogens is 817 g/mol. The van der Waals surface area contributed by atoms with Gasteiger partial charge in [-0.25, -0.2) is 19.6 Å². The normalized spacial score (nSPS) is 22.0. The second-order valence-corrected chi connectivity index (χ2v) is 17.1. The van der Waals surface area contributed by atoms with Crippen LogP contribution in [0, 0.1) is 0 Å². The zero-order valence-electron chi connectivity index (χ0n) is 36.5. The lowest BCUT2D eigenvalue weighted by atomic mass is 9.96. The van der Waals surface area contributed by atoms with E-state index in [-0.39, 0.29) is 30.5 Å². The summed E-state index contributed by atoms with van der Waals surface area (Å²) < 4.78 is 22.0. The molecular formula is C48H56N8O8. The standard InChI is InChI=1S/C48H56N8O8/c1-61-47(59)52-35-11-5-3-4-10-32-24-33(25-36-42(32)54-44(50-36)40-13-9-21-56(40)45(35)57)30-16-14-29(15-17-30)31-18-19-34-37-27-49-43(51-37)39-12-8-20-55(39)46(58)38(53-48(60)62-2)28-63-22-6-7-23-64-41(34)26-31/h14-19,24-27,35,38-40H,3-13,20-23,28H2,1-2H3,(H,49,51)(H,50,54)(H,52,59)(H,53,60)/t35-,38-,39-,40-/m0/s1. The topological polar surface area (TPSA) is 193 Å². The molecule has 64 heavy (non-hydrogen) atoms. The van der Waals surface area contributed by atoms with Gasteiger partial charge in [0.2, 0.25) is 11.8 Å². The van der Waals surface area contributed by atoms with Gasteiger partial charge < -0.3 is 49.3 Å². The van der Waals surface area contributed by atoms with E-state index < -0.39 is 24.3 Å². The van der Waals surface area contributed by atoms with E-state index in [9.17, 15) is 19.2 Å². The molecule has 9 rings (SSSR count). The van der Waals surface area contributed by atoms with Gasteiger partial charge in [-0.2, -0.15) is 0 Å². The maximum absolute atomic E-state index is 13.8. The number of hydrogen-bond donors (Lipinski definition) is 4. The van der Waals surface area contributed by atoms with Crippen molar-refractivity contribution >= 4 is 35.0 Å². The number of fused-ring (bicyclic) bond motifs is 9. The van der Waals surface area contributed by atoms with Crippen LogP contribution in [0.5, 0.6) is 5.75 Å². The van der Waals surface area contributed by atoms with Crippen molar-refractivity contribution in [2.45, 2.75) is 94.8 Å². The van der Waals surface area contributed by atoms with Crippen molar-refractivity contribution in [2.24, 2.45) is 0 Å². The molecule has 0 unspecified atom stereocenters. The number of ether oxygens (including phenoxy) is 4. The highest BCUT2D eigenvalue weighted by Crippen LogP contribution is 2.39. The number of hydrogen-bond acceptors (Lipinski definition) is 10. The van der Waals surface area contributed by atoms with E-state index >= 15 is 0 Å². The van der Waals surface area contributed by atoms with Crippen LogP contribution in [-0.4, -0.2) is 113 Å². The number of carbonyl (C=O) groups is 4. The minimum Gasteiger partial charge on any atom is -0.493 e. The largest absolute Gasteiger partial charge is 0.493 e. The van der Waals surface area contributed by atoms with Gasteiger partial charge in [-0.15, -0.1) is 0 Å². The third-order valence-electron chi connectivity index (χ3n) is 13.0. The predicted octanol–water partition coefficient (Wildman–Crippen LogP) is 7.37. The third-order valence-corrected chi connectivity index (χ3v) is 13.0. The van der Waals surface area contributed by atoms with Gasteiger partial charge in [0.05, 0.1) is 56.2 Å². The van der Waals surface area contributed by atoms with Crippen LogP contribution in [0.2, 0.25) is 0 Å². The summed E-state index contributed by atoms with van der Waals surface area (Å²) in [6.45, 7) is 2.06. The summed E-state index contributed by atoms with van der Waals surface area (Å²) in [5, 5.41) is 5.45. The van der Waals surface area contributed by atoms with Crippen molar-refractivity contribution in [3.63, 3.8) is 0 Å². The molecule has 4 atom stereocenters. The number of imidazole rings is 2. The molecule has 4 aliphatic heterocycles. The number of rotatable bonds is 4. The van der Waals surface area contributed by atoms with Crippen LogP contribution >= 0.6 is 0 Å². The summed E-state index contributed by atoms with van der Waals surface area (Å²) in [6, 6.07) is 17.2. The van der Waals surface area contributed by atoms with Gasteiger partial charge in [0, 0.05) is 31.5 Å². The molecule has 0 spiro atoms. The van der Waals surface area contributed by atoms with Gasteiger partial charge in [-0.3, -0.25) is 9.59 Å². The number of amides is 4. The second kappa shape index (κ2) is 19.1. The number of methoxy groups -OCH3 is 2. The van der Waals surface area contributed by atoms with Gasteiger partial charge in [0.1, 0.15) is 29.5 Å². The highest BCUT2D eigenvalue weighted by atomic mass is 16.5. The molecule has 16 heteroatoms. The number of carbonyl (C=O) groups excluding carboxylic acids is 4. The monoisotopic (exact) mass is 872 g/mol. The number of H-pyrrole nitrogens is 2. The molecule has 0 aliphatic carbocycles. The van der Waals surface area contributed by atoms with Crippen molar-refractivity contribution in [1.29, 1.82) is 0 Å². The maximum Gasteiger partial charge on any atom is 0.407 e. The van der Waals surface area contributed by atoms with E-state index in [2.05, 4.69) is 69.1 Å². The Morgan fingerprint density at radius 2 is 1.38 bits per heavy atom. The molecule has 16 nitrogen and oxygen atoms in total. The fourth-order valence-electron chi connectivity index (χ4n) is 9.65. The van der Waals surface area contributed by atoms with Gasteiger partial charge >= 0.3 is 12.2 Å². The number of nitrogens with zero attached hydrogens (tertiary/aromatic N) is 4. The van der Waals surface area contributed by atoms with Crippen LogP contribution in [0.1, 0.15) is 93.5 Å². The van der Waals surface area contributed by atoms with Crippen LogP contribution in [0.15, 0.2) is 60.8 Å². The van der Waals surface area contributed by atoms with Crippen molar-refractivity contribution in [1.82, 2.24) is 40.4 Å². The summed E-state index contributed by atoms with van der Waals surface area (Å²) in [4.78, 5) is 72.7. The number of nitrogens with one attached hydrogen (secondary N) is 4. The number of aromatic amines is 2. The average Bonchev–Trinajstić information content (AvgIpc) is 4.16. The van der Waals surface area contributed by atoms with Crippen LogP contribution in [0.4, 0.5) is 9.59 Å². The Kier molecular flexibility index (Phi) is 12.8. The smallest absolute Gasteiger partial charge is 0.407 e. The minimum atomic E-state index is -0.874. The number of aryl methyl sites for hydroxylation is 1. The van der Waals surface area contributed by atoms with Gasteiger partial charge in [-0.05, 0) is 110 Å². The molecule has 336 valence electrons. The fourth-order valence-corrected chi connectivity index (χ4v) is 9.65. The first-order chi connectivity index (χ1) is 31.3. The summed E-state index contributed by atoms with van der Waals surface area (Å²) in [6.07, 6.45) is 9.29. The van der Waals surface area contributed by atoms with Crippen molar-refractivity contribution < 1.29 is 38.1 Å². The molecule has 5 aromatic rings. The molecule has 2 fully saturated rings. The molecule has 4 amide bonds. The molecule has 0 radical (unpaired) electrons. The van der Waals surface area contributed by atoms with Crippen molar-refractivity contribution in [2.75, 3.05) is 47.1 Å². The van der Waals surface area contributed by atoms with E-state index in [0.29, 0.717) is 45.0 Å². The minimum absolute atomic E-state index is 0.0367. The highest BCUT2D eigenvalue weighted by molar-refractivity contribution is 5.88. The lowest BCUT2D eigenvalue weighted by Crippen LogP contribution is -2.50. The molecule has 2 saturated heterocycles. The maximum atomic E-state index is 13.8. The van der Waals surface area contributed by atoms with E-state index in [1.54, 1.807) is 4.90 Å². The Hall–Kier alpha value is -6.42. The lowest BCUT2D eigenvalue weighted by Gasteiger charge is -2.28. The average molecular weight is 873 g/mol. The molecule has 4 bridgehead atoms. The second-order valence-electron chi connectivity index (χ2n) is 17.1. The zero-order valence-corrected chi connectivity index (χ0v) is 36.5. The Labute approximate surface area is 371 Å². The fraction of sp³-hybridized carbons (Fsp3) is 0.458. The quantitative estimate of drug-likeness (QED) is 0.142. The van der Waals surface area contributed by atoms with Gasteiger partial charge in [-0.1, -0.05) is 43.2 Å². The van der Waals surface area contributed by atoms with Crippen LogP contribution < -0.4 is 15.4 Å². The van der Waals surface area contributed by atoms with E-state index in [4.69, 9.17) is 28.9 Å². The molecule has 4 aliphatic rings. The Balaban J connectivity index is 0.975. The summed E-state index contributed by atoms with van der Waals surface area (Å²) in [5.41, 5.74) is 8.86. The molecule has 4 N–H and O–H groups in total. The first kappa shape index (κ1) is 42.9. The lowest BCUT2D eigenvalue weighted by molar-refractivity contribution is -0.136. The Morgan fingerprint density at radius 1 is 0.703 bits per heavy atom. The summed E-state index contributed by atoms with van der Waals surface area (Å²) in [7, 11) is 2.59.